The van der Waals surface area contributed by atoms with Crippen LogP contribution < -0.4 is 16.0 Å². The number of hydrogen-bond acceptors (Lipinski definition) is 4. The lowest BCUT2D eigenvalue weighted by molar-refractivity contribution is -0.121. The van der Waals surface area contributed by atoms with E-state index in [1.165, 1.54) is 4.88 Å². The number of carbonyl (C=O) groups excluding carboxylic acids is 1. The van der Waals surface area contributed by atoms with Gasteiger partial charge < -0.3 is 16.0 Å². The number of nitrogens with zero attached hydrogens (tertiary/aromatic N) is 2. The predicted octanol–water partition coefficient (Wildman–Crippen LogP) is 2.34. The number of thiazole rings is 1. The molecular weight excluding hydrogens is 437 g/mol. The molecule has 3 N–H and O–H groups in total. The van der Waals surface area contributed by atoms with Gasteiger partial charge in [0.2, 0.25) is 5.91 Å². The minimum atomic E-state index is 0. The summed E-state index contributed by atoms with van der Waals surface area (Å²) in [5.74, 6) is 0.783. The van der Waals surface area contributed by atoms with E-state index in [1.807, 2.05) is 13.1 Å². The molecule has 24 heavy (non-hydrogen) atoms. The highest BCUT2D eigenvalue weighted by molar-refractivity contribution is 14.0. The maximum Gasteiger partial charge on any atom is 0.221 e. The van der Waals surface area contributed by atoms with Crippen molar-refractivity contribution >= 4 is 47.2 Å². The van der Waals surface area contributed by atoms with Crippen LogP contribution in [-0.2, 0) is 17.6 Å². The smallest absolute Gasteiger partial charge is 0.221 e. The number of guanidine groups is 1. The molecule has 1 rings (SSSR count). The Morgan fingerprint density at radius 3 is 2.62 bits per heavy atom. The fraction of sp³-hybridized carbons (Fsp3) is 0.688. The van der Waals surface area contributed by atoms with Crippen LogP contribution in [-0.4, -0.2) is 43.0 Å². The summed E-state index contributed by atoms with van der Waals surface area (Å²) in [5.41, 5.74) is 0. The van der Waals surface area contributed by atoms with E-state index in [2.05, 4.69) is 39.8 Å². The Morgan fingerprint density at radius 2 is 2.04 bits per heavy atom. The molecule has 1 atom stereocenters. The van der Waals surface area contributed by atoms with Crippen LogP contribution in [0.1, 0.15) is 43.5 Å². The Bertz CT molecular complexity index is 506. The topological polar surface area (TPSA) is 78.4 Å². The lowest BCUT2D eigenvalue weighted by atomic mass is 10.2. The second kappa shape index (κ2) is 13.4. The number of halogens is 1. The summed E-state index contributed by atoms with van der Waals surface area (Å²) in [6.45, 7) is 7.54. The normalized spacial score (nSPS) is 12.2. The maximum atomic E-state index is 11.7. The van der Waals surface area contributed by atoms with Crippen molar-refractivity contribution in [2.75, 3.05) is 20.1 Å². The molecule has 1 heterocycles. The van der Waals surface area contributed by atoms with E-state index >= 15 is 0 Å². The van der Waals surface area contributed by atoms with Gasteiger partial charge >= 0.3 is 0 Å². The van der Waals surface area contributed by atoms with E-state index < -0.39 is 0 Å². The zero-order chi connectivity index (χ0) is 17.1. The highest BCUT2D eigenvalue weighted by Crippen LogP contribution is 2.13. The van der Waals surface area contributed by atoms with Crippen LogP contribution in [0.2, 0.25) is 0 Å². The van der Waals surface area contributed by atoms with Crippen molar-refractivity contribution < 1.29 is 4.79 Å². The first-order valence-electron chi connectivity index (χ1n) is 8.26. The average Bonchev–Trinajstić information content (AvgIpc) is 3.01. The number of amides is 1. The second-order valence-electron chi connectivity index (χ2n) is 5.38. The van der Waals surface area contributed by atoms with E-state index in [-0.39, 0.29) is 35.9 Å². The van der Waals surface area contributed by atoms with Gasteiger partial charge in [-0.15, -0.1) is 35.3 Å². The van der Waals surface area contributed by atoms with Gasteiger partial charge in [0.1, 0.15) is 0 Å². The predicted molar refractivity (Wildman–Crippen MR) is 112 cm³/mol. The lowest BCUT2D eigenvalue weighted by Gasteiger charge is -2.13. The SMILES string of the molecule is CCc1cnc(CCNC(=NC)NCCC(=O)NC(C)CC)s1.I. The second-order valence-corrected chi connectivity index (χ2v) is 6.58. The lowest BCUT2D eigenvalue weighted by Crippen LogP contribution is -2.41. The number of nitrogens with one attached hydrogen (secondary N) is 3. The molecule has 0 saturated carbocycles. The zero-order valence-electron chi connectivity index (χ0n) is 15.0. The number of carbonyl (C=O) groups is 1. The summed E-state index contributed by atoms with van der Waals surface area (Å²) < 4.78 is 0. The molecule has 0 aliphatic carbocycles. The Hall–Kier alpha value is -0.900. The van der Waals surface area contributed by atoms with Crippen molar-refractivity contribution in [3.8, 4) is 0 Å². The van der Waals surface area contributed by atoms with Gasteiger partial charge in [-0.05, 0) is 19.8 Å². The zero-order valence-corrected chi connectivity index (χ0v) is 18.2. The van der Waals surface area contributed by atoms with Crippen molar-refractivity contribution in [2.24, 2.45) is 4.99 Å². The van der Waals surface area contributed by atoms with Crippen LogP contribution in [0.5, 0.6) is 0 Å². The van der Waals surface area contributed by atoms with Crippen molar-refractivity contribution in [2.45, 2.75) is 52.5 Å². The molecule has 138 valence electrons. The first-order valence-corrected chi connectivity index (χ1v) is 9.08. The van der Waals surface area contributed by atoms with Gasteiger partial charge in [-0.25, -0.2) is 4.98 Å². The molecule has 0 fully saturated rings. The Balaban J connectivity index is 0.00000529. The van der Waals surface area contributed by atoms with Gasteiger partial charge in [-0.3, -0.25) is 9.79 Å². The summed E-state index contributed by atoms with van der Waals surface area (Å²) in [4.78, 5) is 21.6. The molecule has 1 amide bonds. The maximum absolute atomic E-state index is 11.7. The monoisotopic (exact) mass is 467 g/mol. The van der Waals surface area contributed by atoms with Gasteiger partial charge in [0.25, 0.3) is 0 Å². The van der Waals surface area contributed by atoms with Crippen LogP contribution in [0.15, 0.2) is 11.2 Å². The number of aryl methyl sites for hydroxylation is 1. The first-order chi connectivity index (χ1) is 11.1. The van der Waals surface area contributed by atoms with Gasteiger partial charge in [0.05, 0.1) is 5.01 Å². The molecule has 0 aliphatic heterocycles. The Labute approximate surface area is 166 Å². The van der Waals surface area contributed by atoms with E-state index in [9.17, 15) is 4.79 Å². The van der Waals surface area contributed by atoms with E-state index in [4.69, 9.17) is 0 Å². The van der Waals surface area contributed by atoms with Crippen molar-refractivity contribution in [1.29, 1.82) is 0 Å². The number of aromatic nitrogens is 1. The van der Waals surface area contributed by atoms with Gasteiger partial charge in [-0.1, -0.05) is 13.8 Å². The summed E-state index contributed by atoms with van der Waals surface area (Å²) in [6, 6.07) is 0.228. The average molecular weight is 467 g/mol. The van der Waals surface area contributed by atoms with Crippen LogP contribution in [0.25, 0.3) is 0 Å². The fourth-order valence-electron chi connectivity index (χ4n) is 1.88. The summed E-state index contributed by atoms with van der Waals surface area (Å²) in [7, 11) is 1.73. The minimum absolute atomic E-state index is 0. The third-order valence-electron chi connectivity index (χ3n) is 3.47. The highest BCUT2D eigenvalue weighted by Gasteiger charge is 2.06. The molecule has 1 aromatic rings. The quantitative estimate of drug-likeness (QED) is 0.296. The number of aliphatic imine (C=N–C) groups is 1. The van der Waals surface area contributed by atoms with Crippen LogP contribution in [0, 0.1) is 0 Å². The molecule has 0 saturated heterocycles. The molecule has 0 aliphatic rings. The first kappa shape index (κ1) is 23.1. The molecule has 0 spiro atoms. The highest BCUT2D eigenvalue weighted by atomic mass is 127. The summed E-state index contributed by atoms with van der Waals surface area (Å²) >= 11 is 1.76. The van der Waals surface area contributed by atoms with Crippen molar-refractivity contribution in [3.05, 3.63) is 16.1 Å². The fourth-order valence-corrected chi connectivity index (χ4v) is 2.74. The molecule has 0 aromatic carbocycles. The van der Waals surface area contributed by atoms with Crippen LogP contribution in [0.3, 0.4) is 0 Å². The molecule has 6 nitrogen and oxygen atoms in total. The Kier molecular flexibility index (Phi) is 12.9. The minimum Gasteiger partial charge on any atom is -0.356 e. The third-order valence-corrected chi connectivity index (χ3v) is 4.67. The van der Waals surface area contributed by atoms with Crippen LogP contribution >= 0.6 is 35.3 Å². The summed E-state index contributed by atoms with van der Waals surface area (Å²) in [5, 5.41) is 10.5. The van der Waals surface area contributed by atoms with Gasteiger partial charge in [0, 0.05) is 50.1 Å². The van der Waals surface area contributed by atoms with E-state index in [1.54, 1.807) is 18.4 Å². The van der Waals surface area contributed by atoms with E-state index in [0.29, 0.717) is 18.9 Å². The largest absolute Gasteiger partial charge is 0.356 e. The molecule has 1 unspecified atom stereocenters. The number of hydrogen-bond donors (Lipinski definition) is 3. The summed E-state index contributed by atoms with van der Waals surface area (Å²) in [6.07, 6.45) is 5.24. The molecule has 0 radical (unpaired) electrons. The Morgan fingerprint density at radius 1 is 1.33 bits per heavy atom. The number of rotatable bonds is 9. The van der Waals surface area contributed by atoms with Crippen LogP contribution in [0.4, 0.5) is 0 Å². The van der Waals surface area contributed by atoms with Crippen molar-refractivity contribution in [3.63, 3.8) is 0 Å². The molecule has 8 heteroatoms. The molecular formula is C16H30IN5OS. The molecule has 1 aromatic heterocycles. The van der Waals surface area contributed by atoms with Gasteiger partial charge in [-0.2, -0.15) is 0 Å². The third kappa shape index (κ3) is 9.41. The molecule has 0 bridgehead atoms. The van der Waals surface area contributed by atoms with Gasteiger partial charge in [0.15, 0.2) is 5.96 Å². The standard InChI is InChI=1S/C16H29N5OS.HI/c1-5-12(3)21-14(22)7-9-18-16(17-4)19-10-8-15-20-11-13(6-2)23-15;/h11-12H,5-10H2,1-4H3,(H,21,22)(H2,17,18,19);1H. The van der Waals surface area contributed by atoms with Crippen molar-refractivity contribution in [1.82, 2.24) is 20.9 Å². The van der Waals surface area contributed by atoms with E-state index in [0.717, 1.165) is 30.8 Å².